The zero-order valence-electron chi connectivity index (χ0n) is 16.1. The van der Waals surface area contributed by atoms with Gasteiger partial charge in [0.1, 0.15) is 24.4 Å². The van der Waals surface area contributed by atoms with Crippen LogP contribution in [0.1, 0.15) is 25.7 Å². The third-order valence-corrected chi connectivity index (χ3v) is 5.44. The fraction of sp³-hybridized carbons (Fsp3) is 0.273. The van der Waals surface area contributed by atoms with Crippen LogP contribution in [0.2, 0.25) is 0 Å². The Morgan fingerprint density at radius 1 is 0.967 bits per heavy atom. The Balaban J connectivity index is 1.36. The van der Waals surface area contributed by atoms with Crippen LogP contribution >= 0.6 is 0 Å². The second kappa shape index (κ2) is 7.70. The van der Waals surface area contributed by atoms with Crippen molar-refractivity contribution in [3.05, 3.63) is 55.0 Å². The van der Waals surface area contributed by atoms with Crippen LogP contribution in [-0.2, 0) is 0 Å². The third kappa shape index (κ3) is 3.56. The maximum atomic E-state index is 14.0. The highest BCUT2D eigenvalue weighted by atomic mass is 19.1. The number of hydrogen-bond acceptors (Lipinski definition) is 6. The summed E-state index contributed by atoms with van der Waals surface area (Å²) >= 11 is 0. The Hall–Kier alpha value is -3.55. The molecule has 1 fully saturated rings. The molecule has 1 aromatic carbocycles. The van der Waals surface area contributed by atoms with E-state index in [0.717, 1.165) is 29.6 Å². The lowest BCUT2D eigenvalue weighted by Gasteiger charge is -2.25. The number of benzene rings is 1. The maximum Gasteiger partial charge on any atom is 0.233 e. The molecule has 30 heavy (non-hydrogen) atoms. The lowest BCUT2D eigenvalue weighted by Crippen LogP contribution is -2.32. The number of ether oxygens (including phenoxy) is 1. The molecule has 0 aliphatic heterocycles. The molecule has 3 heterocycles. The van der Waals surface area contributed by atoms with E-state index in [4.69, 9.17) is 4.74 Å². The molecule has 0 amide bonds. The summed E-state index contributed by atoms with van der Waals surface area (Å²) in [6, 6.07) is 12.6. The number of phenolic OH excluding ortho intramolecular Hbond substituents is 1. The first-order chi connectivity index (χ1) is 14.7. The summed E-state index contributed by atoms with van der Waals surface area (Å²) in [7, 11) is 0. The second-order valence-corrected chi connectivity index (χ2v) is 7.46. The molecule has 1 aliphatic carbocycles. The number of pyridine rings is 1. The molecule has 0 bridgehead atoms. The van der Waals surface area contributed by atoms with Gasteiger partial charge in [-0.25, -0.2) is 4.39 Å². The van der Waals surface area contributed by atoms with Gasteiger partial charge >= 0.3 is 0 Å². The van der Waals surface area contributed by atoms with Crippen LogP contribution in [0.15, 0.2) is 55.0 Å². The average molecular weight is 405 g/mol. The monoisotopic (exact) mass is 405 g/mol. The van der Waals surface area contributed by atoms with E-state index in [1.165, 1.54) is 0 Å². The molecular weight excluding hydrogens is 385 g/mol. The highest BCUT2D eigenvalue weighted by molar-refractivity contribution is 5.75. The van der Waals surface area contributed by atoms with Gasteiger partial charge in [-0.15, -0.1) is 20.4 Å². The van der Waals surface area contributed by atoms with Gasteiger partial charge in [0.2, 0.25) is 5.88 Å². The molecular formula is C22H20FN5O2. The molecule has 1 saturated carbocycles. The van der Waals surface area contributed by atoms with Crippen LogP contribution < -0.4 is 4.74 Å². The Morgan fingerprint density at radius 3 is 2.63 bits per heavy atom. The molecule has 2 atom stereocenters. The molecule has 1 aliphatic rings. The van der Waals surface area contributed by atoms with Crippen LogP contribution in [0.25, 0.3) is 28.0 Å². The van der Waals surface area contributed by atoms with Crippen molar-refractivity contribution >= 4 is 5.65 Å². The number of halogens is 1. The quantitative estimate of drug-likeness (QED) is 0.547. The first kappa shape index (κ1) is 18.5. The highest BCUT2D eigenvalue weighted by Gasteiger charge is 2.26. The number of rotatable bonds is 4. The minimum atomic E-state index is -0.964. The van der Waals surface area contributed by atoms with E-state index >= 15 is 0 Å². The summed E-state index contributed by atoms with van der Waals surface area (Å²) in [5.41, 5.74) is 3.56. The summed E-state index contributed by atoms with van der Waals surface area (Å²) in [6.45, 7) is 0. The van der Waals surface area contributed by atoms with E-state index in [1.54, 1.807) is 30.6 Å². The van der Waals surface area contributed by atoms with Crippen LogP contribution in [0.5, 0.6) is 11.6 Å². The van der Waals surface area contributed by atoms with Crippen molar-refractivity contribution in [2.75, 3.05) is 0 Å². The minimum Gasteiger partial charge on any atom is -0.507 e. The number of aromatic nitrogens is 5. The zero-order valence-corrected chi connectivity index (χ0v) is 16.1. The van der Waals surface area contributed by atoms with Crippen molar-refractivity contribution in [1.29, 1.82) is 0 Å². The lowest BCUT2D eigenvalue weighted by atomic mass is 9.96. The van der Waals surface area contributed by atoms with E-state index in [2.05, 4.69) is 20.4 Å². The predicted octanol–water partition coefficient (Wildman–Crippen LogP) is 4.22. The number of phenols is 1. The summed E-state index contributed by atoms with van der Waals surface area (Å²) < 4.78 is 21.4. The summed E-state index contributed by atoms with van der Waals surface area (Å²) in [6.07, 6.45) is 5.15. The molecule has 0 unspecified atom stereocenters. The maximum absolute atomic E-state index is 14.0. The molecule has 0 spiro atoms. The second-order valence-electron chi connectivity index (χ2n) is 7.46. The van der Waals surface area contributed by atoms with E-state index in [0.29, 0.717) is 30.0 Å². The van der Waals surface area contributed by atoms with Crippen molar-refractivity contribution in [3.63, 3.8) is 0 Å². The van der Waals surface area contributed by atoms with Crippen LogP contribution in [0, 0.1) is 0 Å². The smallest absolute Gasteiger partial charge is 0.233 e. The summed E-state index contributed by atoms with van der Waals surface area (Å²) in [5.74, 6) is 0.388. The third-order valence-electron chi connectivity index (χ3n) is 5.44. The first-order valence-electron chi connectivity index (χ1n) is 9.95. The van der Waals surface area contributed by atoms with E-state index < -0.39 is 12.3 Å². The van der Waals surface area contributed by atoms with Gasteiger partial charge in [-0.05, 0) is 60.7 Å². The average Bonchev–Trinajstić information content (AvgIpc) is 3.24. The van der Waals surface area contributed by atoms with Crippen molar-refractivity contribution < 1.29 is 14.2 Å². The predicted molar refractivity (Wildman–Crippen MR) is 109 cm³/mol. The topological polar surface area (TPSA) is 85.4 Å². The van der Waals surface area contributed by atoms with Gasteiger partial charge in [0.25, 0.3) is 0 Å². The van der Waals surface area contributed by atoms with Gasteiger partial charge in [-0.2, -0.15) is 0 Å². The zero-order chi connectivity index (χ0) is 20.5. The molecule has 7 nitrogen and oxygen atoms in total. The van der Waals surface area contributed by atoms with Gasteiger partial charge in [0, 0.05) is 17.8 Å². The number of alkyl halides is 1. The van der Waals surface area contributed by atoms with Gasteiger partial charge < -0.3 is 9.84 Å². The normalized spacial score (nSPS) is 19.1. The largest absolute Gasteiger partial charge is 0.507 e. The number of fused-ring (bicyclic) bond motifs is 1. The van der Waals surface area contributed by atoms with E-state index in [9.17, 15) is 9.50 Å². The number of nitrogens with zero attached hydrogens (tertiary/aromatic N) is 5. The molecule has 1 N–H and O–H groups in total. The van der Waals surface area contributed by atoms with Crippen LogP contribution in [0.4, 0.5) is 4.39 Å². The SMILES string of the molecule is Oc1cc(-c2ccn3cnnc3c2)ccc1-c1ccc(O[C@@H]2CCCC[C@@H]2F)nn1. The fourth-order valence-corrected chi connectivity index (χ4v) is 3.79. The Bertz CT molecular complexity index is 1180. The fourth-order valence-electron chi connectivity index (χ4n) is 3.79. The van der Waals surface area contributed by atoms with Gasteiger partial charge in [-0.3, -0.25) is 4.40 Å². The molecule has 8 heteroatoms. The summed E-state index contributed by atoms with van der Waals surface area (Å²) in [4.78, 5) is 0. The van der Waals surface area contributed by atoms with E-state index in [-0.39, 0.29) is 5.75 Å². The Kier molecular flexibility index (Phi) is 4.74. The van der Waals surface area contributed by atoms with Crippen molar-refractivity contribution in [2.45, 2.75) is 38.0 Å². The molecule has 3 aromatic heterocycles. The summed E-state index contributed by atoms with van der Waals surface area (Å²) in [5, 5.41) is 26.7. The highest BCUT2D eigenvalue weighted by Crippen LogP contribution is 2.33. The van der Waals surface area contributed by atoms with Crippen molar-refractivity contribution in [2.24, 2.45) is 0 Å². The minimum absolute atomic E-state index is 0.0907. The number of hydrogen-bond donors (Lipinski definition) is 1. The van der Waals surface area contributed by atoms with Gasteiger partial charge in [-0.1, -0.05) is 12.5 Å². The van der Waals surface area contributed by atoms with Gasteiger partial charge in [0.15, 0.2) is 5.65 Å². The molecule has 5 rings (SSSR count). The molecule has 152 valence electrons. The van der Waals surface area contributed by atoms with Crippen LogP contribution in [-0.4, -0.2) is 42.2 Å². The molecule has 4 aromatic rings. The van der Waals surface area contributed by atoms with Crippen molar-refractivity contribution in [1.82, 2.24) is 24.8 Å². The molecule has 0 saturated heterocycles. The van der Waals surface area contributed by atoms with Gasteiger partial charge in [0.05, 0.1) is 5.69 Å². The first-order valence-corrected chi connectivity index (χ1v) is 9.95. The standard InChI is InChI=1S/C22H20FN5O2/c23-17-3-1-2-4-20(17)30-22-8-7-18(25-27-22)16-6-5-14(11-19(16)29)15-9-10-28-13-24-26-21(28)12-15/h5-13,17,20,29H,1-4H2/t17-,20+/m0/s1. The number of aromatic hydroxyl groups is 1. The molecule has 0 radical (unpaired) electrons. The van der Waals surface area contributed by atoms with Crippen LogP contribution in [0.3, 0.4) is 0 Å². The lowest BCUT2D eigenvalue weighted by molar-refractivity contribution is 0.0594. The van der Waals surface area contributed by atoms with Crippen molar-refractivity contribution in [3.8, 4) is 34.0 Å². The van der Waals surface area contributed by atoms with E-state index in [1.807, 2.05) is 28.8 Å². The Morgan fingerprint density at radius 2 is 1.83 bits per heavy atom. The Labute approximate surface area is 172 Å².